The Morgan fingerprint density at radius 1 is 0.952 bits per heavy atom. The van der Waals surface area contributed by atoms with E-state index in [4.69, 9.17) is 10.5 Å². The van der Waals surface area contributed by atoms with E-state index in [1.54, 1.807) is 6.92 Å². The van der Waals surface area contributed by atoms with Gasteiger partial charge in [-0.2, -0.15) is 0 Å². The zero-order valence-corrected chi connectivity index (χ0v) is 38.1. The zero-order valence-electron chi connectivity index (χ0n) is 38.1. The Morgan fingerprint density at radius 2 is 1.71 bits per heavy atom. The number of nitrogens with two attached hydrogens (primary N) is 1. The topological polar surface area (TPSA) is 198 Å². The second-order valence-corrected chi connectivity index (χ2v) is 22.6. The molecule has 0 aromatic heterocycles. The SMILES string of the molecule is CCC[C@H]1CC[C@H]2[C@@H]3CCCC[C@](O)([C@](C)(O)[C@H]4CC[C@@]5(O)C6=C(NC[C@H](C)O)C(=O)[C@@H]7C[C@@H](O)[C@@H](O)C[C@]7(CCC7=CNC(N)C=C7)[C@H]6CC[C@]45C4CCCC4)[C@@H]3O[C@@H]2CC1. The third kappa shape index (κ3) is 7.05. The lowest BCUT2D eigenvalue weighted by Crippen LogP contribution is -2.70. The number of Topliss-reactive ketones (excluding diaryl/α,β-unsaturated/α-hetero) is 1. The molecular weight excluding hydrogens is 783 g/mol. The van der Waals surface area contributed by atoms with E-state index < -0.39 is 63.9 Å². The van der Waals surface area contributed by atoms with Crippen LogP contribution in [0.25, 0.3) is 0 Å². The van der Waals surface area contributed by atoms with Gasteiger partial charge in [0.15, 0.2) is 5.78 Å². The predicted molar refractivity (Wildman–Crippen MR) is 238 cm³/mol. The van der Waals surface area contributed by atoms with Crippen molar-refractivity contribution >= 4 is 5.78 Å². The quantitative estimate of drug-likeness (QED) is 0.122. The molecule has 6 saturated carbocycles. The smallest absolute Gasteiger partial charge is 0.182 e. The first kappa shape index (κ1) is 45.3. The number of dihydropyridines is 1. The van der Waals surface area contributed by atoms with Crippen LogP contribution in [-0.4, -0.2) is 96.5 Å². The number of hydrogen-bond donors (Lipinski definition) is 9. The van der Waals surface area contributed by atoms with Gasteiger partial charge in [-0.05, 0) is 168 Å². The van der Waals surface area contributed by atoms with Gasteiger partial charge in [0.2, 0.25) is 0 Å². The van der Waals surface area contributed by atoms with E-state index in [1.165, 1.54) is 19.3 Å². The molecule has 7 aliphatic carbocycles. The minimum Gasteiger partial charge on any atom is -0.392 e. The molecule has 10 N–H and O–H groups in total. The van der Waals surface area contributed by atoms with Crippen molar-refractivity contribution in [1.82, 2.24) is 10.6 Å². The molecule has 11 nitrogen and oxygen atoms in total. The van der Waals surface area contributed by atoms with Gasteiger partial charge in [-0.25, -0.2) is 0 Å². The molecule has 0 spiro atoms. The van der Waals surface area contributed by atoms with Gasteiger partial charge in [-0.1, -0.05) is 57.9 Å². The van der Waals surface area contributed by atoms with Crippen LogP contribution < -0.4 is 16.4 Å². The number of allylic oxidation sites excluding steroid dienone is 3. The molecule has 17 atom stereocenters. The number of hydrogen-bond acceptors (Lipinski definition) is 11. The van der Waals surface area contributed by atoms with E-state index in [1.807, 2.05) is 25.3 Å². The molecule has 2 heterocycles. The molecule has 0 aromatic rings. The molecule has 0 radical (unpaired) electrons. The Bertz CT molecular complexity index is 1760. The van der Waals surface area contributed by atoms with Crippen molar-refractivity contribution in [3.05, 3.63) is 35.2 Å². The van der Waals surface area contributed by atoms with E-state index in [9.17, 15) is 30.6 Å². The van der Waals surface area contributed by atoms with E-state index in [-0.39, 0.29) is 55.2 Å². The summed E-state index contributed by atoms with van der Waals surface area (Å²) in [7, 11) is 0. The second kappa shape index (κ2) is 17.1. The maximum atomic E-state index is 15.4. The van der Waals surface area contributed by atoms with Crippen molar-refractivity contribution in [1.29, 1.82) is 0 Å². The van der Waals surface area contributed by atoms with Crippen LogP contribution >= 0.6 is 0 Å². The van der Waals surface area contributed by atoms with Crippen LogP contribution in [0.3, 0.4) is 0 Å². The van der Waals surface area contributed by atoms with Crippen LogP contribution in [0.2, 0.25) is 0 Å². The minimum absolute atomic E-state index is 0.0737. The van der Waals surface area contributed by atoms with Gasteiger partial charge in [0.1, 0.15) is 5.60 Å². The molecule has 1 unspecified atom stereocenters. The fourth-order valence-electron chi connectivity index (χ4n) is 16.9. The molecule has 7 fully saturated rings. The summed E-state index contributed by atoms with van der Waals surface area (Å²) in [5.74, 6) is -0.144. The van der Waals surface area contributed by atoms with Gasteiger partial charge < -0.3 is 51.7 Å². The first-order chi connectivity index (χ1) is 29.6. The van der Waals surface area contributed by atoms with Gasteiger partial charge in [0.05, 0.1) is 53.6 Å². The first-order valence-corrected chi connectivity index (χ1v) is 25.4. The van der Waals surface area contributed by atoms with Crippen LogP contribution in [0.5, 0.6) is 0 Å². The van der Waals surface area contributed by atoms with Crippen molar-refractivity contribution in [3.63, 3.8) is 0 Å². The highest BCUT2D eigenvalue weighted by Gasteiger charge is 2.76. The molecule has 2 aliphatic heterocycles. The van der Waals surface area contributed by atoms with Crippen molar-refractivity contribution < 1.29 is 40.2 Å². The van der Waals surface area contributed by atoms with Crippen LogP contribution in [0, 0.1) is 52.3 Å². The number of carbonyl (C=O) groups is 1. The fourth-order valence-corrected chi connectivity index (χ4v) is 16.9. The number of rotatable bonds is 11. The van der Waals surface area contributed by atoms with Gasteiger partial charge in [0.25, 0.3) is 0 Å². The van der Waals surface area contributed by atoms with E-state index in [0.717, 1.165) is 75.7 Å². The summed E-state index contributed by atoms with van der Waals surface area (Å²) >= 11 is 0. The van der Waals surface area contributed by atoms with E-state index in [2.05, 4.69) is 17.6 Å². The largest absolute Gasteiger partial charge is 0.392 e. The maximum Gasteiger partial charge on any atom is 0.182 e. The standard InChI is InChI=1S/C51H81N3O8/c1-4-9-31-13-16-34-35-12-7-8-22-51(61,46(35)62-40(34)17-14-31)47(3,59)41-21-25-50(60)43-36(20-24-49(41,50)33-10-5-6-11-33)48(23-19-32-15-18-42(52)53-29-32)27-39(57)38(56)26-37(48)45(58)44(43)54-28-30(2)55/h15,18,29-31,33-42,46,53-57,59-61H,4-14,16-17,19-28,52H2,1-3H3/t30-,31-,34-,35-,36-,37-,38+,39-,40+,41+,42?,46+,47+,48+,49-,50+,51+/m0/s1. The highest BCUT2D eigenvalue weighted by atomic mass is 16.5. The molecule has 348 valence electrons. The van der Waals surface area contributed by atoms with Gasteiger partial charge in [-0.15, -0.1) is 0 Å². The number of carbonyl (C=O) groups excluding carboxylic acids is 1. The summed E-state index contributed by atoms with van der Waals surface area (Å²) in [5, 5.41) is 81.7. The summed E-state index contributed by atoms with van der Waals surface area (Å²) in [4.78, 5) is 15.4. The lowest BCUT2D eigenvalue weighted by molar-refractivity contribution is -0.261. The Morgan fingerprint density at radius 3 is 2.44 bits per heavy atom. The Hall–Kier alpha value is -1.83. The predicted octanol–water partition coefficient (Wildman–Crippen LogP) is 5.79. The highest BCUT2D eigenvalue weighted by molar-refractivity contribution is 6.00. The third-order valence-electron chi connectivity index (χ3n) is 19.6. The van der Waals surface area contributed by atoms with Crippen molar-refractivity contribution in [3.8, 4) is 0 Å². The number of aliphatic hydroxyl groups is 6. The molecule has 62 heavy (non-hydrogen) atoms. The molecule has 1 saturated heterocycles. The first-order valence-electron chi connectivity index (χ1n) is 25.4. The molecular formula is C51H81N3O8. The molecule has 11 heteroatoms. The third-order valence-corrected chi connectivity index (χ3v) is 19.6. The monoisotopic (exact) mass is 864 g/mol. The number of ketones is 1. The number of aliphatic hydroxyl groups excluding tert-OH is 3. The average molecular weight is 864 g/mol. The fraction of sp³-hybridized carbons (Fsp3) is 0.863. The summed E-state index contributed by atoms with van der Waals surface area (Å²) in [6.45, 7) is 5.98. The zero-order chi connectivity index (χ0) is 43.8. The summed E-state index contributed by atoms with van der Waals surface area (Å²) < 4.78 is 7.16. The highest BCUT2D eigenvalue weighted by Crippen LogP contribution is 2.74. The van der Waals surface area contributed by atoms with Crippen molar-refractivity contribution in [2.75, 3.05) is 6.54 Å². The minimum atomic E-state index is -1.60. The maximum absolute atomic E-state index is 15.4. The van der Waals surface area contributed by atoms with Gasteiger partial charge >= 0.3 is 0 Å². The normalized spacial score (nSPS) is 47.2. The lowest BCUT2D eigenvalue weighted by atomic mass is 9.41. The van der Waals surface area contributed by atoms with E-state index in [0.29, 0.717) is 62.1 Å². The molecule has 0 amide bonds. The summed E-state index contributed by atoms with van der Waals surface area (Å²) in [6, 6.07) is 0. The van der Waals surface area contributed by atoms with Crippen LogP contribution in [0.4, 0.5) is 0 Å². The van der Waals surface area contributed by atoms with Crippen LogP contribution in [-0.2, 0) is 9.53 Å². The molecule has 9 aliphatic rings. The number of nitrogens with one attached hydrogen (secondary N) is 2. The van der Waals surface area contributed by atoms with Crippen molar-refractivity contribution in [2.24, 2.45) is 58.0 Å². The Labute approximate surface area is 370 Å². The second-order valence-electron chi connectivity index (χ2n) is 22.6. The Balaban J connectivity index is 1.14. The van der Waals surface area contributed by atoms with Gasteiger partial charge in [0, 0.05) is 24.1 Å². The number of fused-ring (bicyclic) bond motifs is 8. The van der Waals surface area contributed by atoms with E-state index >= 15 is 4.79 Å². The average Bonchev–Trinajstić information content (AvgIpc) is 3.92. The van der Waals surface area contributed by atoms with Crippen LogP contribution in [0.15, 0.2) is 35.2 Å². The number of ether oxygens (including phenoxy) is 1. The molecule has 9 rings (SSSR count). The Kier molecular flexibility index (Phi) is 12.5. The molecule has 0 bridgehead atoms. The van der Waals surface area contributed by atoms with Crippen LogP contribution in [0.1, 0.15) is 162 Å². The molecule has 0 aromatic carbocycles. The summed E-state index contributed by atoms with van der Waals surface area (Å²) in [5.41, 5.74) is 2.02. The summed E-state index contributed by atoms with van der Waals surface area (Å²) in [6.07, 6.45) is 20.2. The van der Waals surface area contributed by atoms with Gasteiger partial charge in [-0.3, -0.25) is 4.79 Å². The van der Waals surface area contributed by atoms with Crippen molar-refractivity contribution in [2.45, 2.75) is 216 Å². The lowest BCUT2D eigenvalue weighted by Gasteiger charge is -2.65.